The first kappa shape index (κ1) is 11.3. The summed E-state index contributed by atoms with van der Waals surface area (Å²) >= 11 is 0. The second kappa shape index (κ2) is 6.65. The molecule has 0 aliphatic carbocycles. The highest BCUT2D eigenvalue weighted by atomic mass is 16.2. The second-order valence-corrected chi connectivity index (χ2v) is 3.73. The van der Waals surface area contributed by atoms with Crippen molar-refractivity contribution in [3.05, 3.63) is 0 Å². The van der Waals surface area contributed by atoms with Crippen molar-refractivity contribution in [1.29, 1.82) is 0 Å². The number of amides is 2. The number of hydrogen-bond acceptors (Lipinski definition) is 2. The highest BCUT2D eigenvalue weighted by Gasteiger charge is 2.10. The molecule has 0 aromatic heterocycles. The summed E-state index contributed by atoms with van der Waals surface area (Å²) in [4.78, 5) is 13.5. The first-order chi connectivity index (χ1) is 6.83. The number of nitrogens with one attached hydrogen (secondary N) is 2. The molecule has 0 spiro atoms. The Balaban J connectivity index is 1.94. The zero-order chi connectivity index (χ0) is 10.2. The van der Waals surface area contributed by atoms with Crippen molar-refractivity contribution in [2.24, 2.45) is 0 Å². The first-order valence-corrected chi connectivity index (χ1v) is 5.57. The molecule has 2 N–H and O–H groups in total. The fourth-order valence-electron chi connectivity index (χ4n) is 1.63. The lowest BCUT2D eigenvalue weighted by atomic mass is 10.4. The molecule has 82 valence electrons. The van der Waals surface area contributed by atoms with E-state index in [1.165, 1.54) is 25.9 Å². The van der Waals surface area contributed by atoms with Crippen LogP contribution in [0.15, 0.2) is 0 Å². The van der Waals surface area contributed by atoms with E-state index in [2.05, 4.69) is 15.5 Å². The molecule has 0 bridgehead atoms. The van der Waals surface area contributed by atoms with Crippen LogP contribution < -0.4 is 10.6 Å². The Labute approximate surface area is 86.0 Å². The molecule has 0 saturated carbocycles. The minimum absolute atomic E-state index is 0.0361. The van der Waals surface area contributed by atoms with E-state index >= 15 is 0 Å². The van der Waals surface area contributed by atoms with E-state index in [9.17, 15) is 4.79 Å². The Kier molecular flexibility index (Phi) is 5.37. The minimum Gasteiger partial charge on any atom is -0.338 e. The van der Waals surface area contributed by atoms with Crippen LogP contribution in [0.3, 0.4) is 0 Å². The van der Waals surface area contributed by atoms with Gasteiger partial charge in [-0.25, -0.2) is 4.79 Å². The molecule has 1 fully saturated rings. The zero-order valence-corrected chi connectivity index (χ0v) is 9.01. The van der Waals surface area contributed by atoms with Crippen molar-refractivity contribution in [1.82, 2.24) is 15.5 Å². The summed E-state index contributed by atoms with van der Waals surface area (Å²) in [6.45, 7) is 6.94. The van der Waals surface area contributed by atoms with Crippen LogP contribution in [-0.2, 0) is 0 Å². The number of carbonyl (C=O) groups excluding carboxylic acids is 1. The van der Waals surface area contributed by atoms with Crippen molar-refractivity contribution in [2.75, 3.05) is 32.7 Å². The molecule has 0 atom stereocenters. The molecule has 4 heteroatoms. The Morgan fingerprint density at radius 2 is 1.86 bits per heavy atom. The third kappa shape index (κ3) is 4.46. The molecule has 1 aliphatic rings. The van der Waals surface area contributed by atoms with E-state index in [1.54, 1.807) is 0 Å². The van der Waals surface area contributed by atoms with Crippen LogP contribution in [0, 0.1) is 0 Å². The molecule has 0 radical (unpaired) electrons. The average molecular weight is 199 g/mol. The van der Waals surface area contributed by atoms with Crippen LogP contribution >= 0.6 is 0 Å². The van der Waals surface area contributed by atoms with Gasteiger partial charge < -0.3 is 15.5 Å². The molecule has 14 heavy (non-hydrogen) atoms. The van der Waals surface area contributed by atoms with Gasteiger partial charge in [-0.15, -0.1) is 0 Å². The number of likely N-dealkylation sites (tertiary alicyclic amines) is 1. The van der Waals surface area contributed by atoms with Gasteiger partial charge in [0.1, 0.15) is 0 Å². The van der Waals surface area contributed by atoms with Gasteiger partial charge in [0.25, 0.3) is 0 Å². The highest BCUT2D eigenvalue weighted by molar-refractivity contribution is 5.73. The van der Waals surface area contributed by atoms with E-state index in [-0.39, 0.29) is 6.03 Å². The lowest BCUT2D eigenvalue weighted by Crippen LogP contribution is -2.40. The molecule has 1 rings (SSSR count). The average Bonchev–Trinajstić information content (AvgIpc) is 2.67. The molecular formula is C10H21N3O. The molecule has 0 unspecified atom stereocenters. The second-order valence-electron chi connectivity index (χ2n) is 3.73. The van der Waals surface area contributed by atoms with Crippen LogP contribution in [0.5, 0.6) is 0 Å². The molecule has 0 aromatic rings. The van der Waals surface area contributed by atoms with Crippen LogP contribution in [0.4, 0.5) is 4.79 Å². The van der Waals surface area contributed by atoms with Gasteiger partial charge >= 0.3 is 6.03 Å². The summed E-state index contributed by atoms with van der Waals surface area (Å²) in [5, 5.41) is 5.64. The van der Waals surface area contributed by atoms with E-state index in [4.69, 9.17) is 0 Å². The molecule has 1 aliphatic heterocycles. The SMILES string of the molecule is CCCNC(=O)NCCN1CCCC1. The van der Waals surface area contributed by atoms with Crippen molar-refractivity contribution >= 4 is 6.03 Å². The van der Waals surface area contributed by atoms with Crippen LogP contribution in [0.1, 0.15) is 26.2 Å². The maximum absolute atomic E-state index is 11.1. The molecule has 4 nitrogen and oxygen atoms in total. The van der Waals surface area contributed by atoms with Gasteiger partial charge in [-0.05, 0) is 32.4 Å². The van der Waals surface area contributed by atoms with Gasteiger partial charge in [-0.3, -0.25) is 0 Å². The maximum Gasteiger partial charge on any atom is 0.314 e. The Bertz CT molecular complexity index is 167. The van der Waals surface area contributed by atoms with E-state index < -0.39 is 0 Å². The quantitative estimate of drug-likeness (QED) is 0.687. The van der Waals surface area contributed by atoms with Gasteiger partial charge in [0.15, 0.2) is 0 Å². The van der Waals surface area contributed by atoms with E-state index in [1.807, 2.05) is 6.92 Å². The van der Waals surface area contributed by atoms with Gasteiger partial charge in [-0.1, -0.05) is 6.92 Å². The number of urea groups is 1. The Morgan fingerprint density at radius 1 is 1.21 bits per heavy atom. The smallest absolute Gasteiger partial charge is 0.314 e. The first-order valence-electron chi connectivity index (χ1n) is 5.57. The van der Waals surface area contributed by atoms with Crippen LogP contribution in [0.2, 0.25) is 0 Å². The Morgan fingerprint density at radius 3 is 2.50 bits per heavy atom. The number of hydrogen-bond donors (Lipinski definition) is 2. The molecule has 0 aromatic carbocycles. The molecular weight excluding hydrogens is 178 g/mol. The minimum atomic E-state index is -0.0361. The summed E-state index contributed by atoms with van der Waals surface area (Å²) in [7, 11) is 0. The largest absolute Gasteiger partial charge is 0.338 e. The summed E-state index contributed by atoms with van der Waals surface area (Å²) in [5.74, 6) is 0. The maximum atomic E-state index is 11.1. The highest BCUT2D eigenvalue weighted by Crippen LogP contribution is 2.05. The monoisotopic (exact) mass is 199 g/mol. The number of rotatable bonds is 5. The summed E-state index contributed by atoms with van der Waals surface area (Å²) in [5.41, 5.74) is 0. The molecule has 1 heterocycles. The third-order valence-electron chi connectivity index (χ3n) is 2.45. The standard InChI is InChI=1S/C10H21N3O/c1-2-5-11-10(14)12-6-9-13-7-3-4-8-13/h2-9H2,1H3,(H2,11,12,14). The number of carbonyl (C=O) groups is 1. The van der Waals surface area contributed by atoms with Gasteiger partial charge in [0, 0.05) is 19.6 Å². The van der Waals surface area contributed by atoms with Crippen LogP contribution in [0.25, 0.3) is 0 Å². The normalized spacial score (nSPS) is 16.9. The van der Waals surface area contributed by atoms with Gasteiger partial charge in [0.2, 0.25) is 0 Å². The van der Waals surface area contributed by atoms with Crippen molar-refractivity contribution < 1.29 is 4.79 Å². The molecule has 2 amide bonds. The lowest BCUT2D eigenvalue weighted by molar-refractivity contribution is 0.238. The fraction of sp³-hybridized carbons (Fsp3) is 0.900. The molecule has 1 saturated heterocycles. The zero-order valence-electron chi connectivity index (χ0n) is 9.01. The van der Waals surface area contributed by atoms with E-state index in [0.717, 1.165) is 26.1 Å². The van der Waals surface area contributed by atoms with Gasteiger partial charge in [-0.2, -0.15) is 0 Å². The predicted octanol–water partition coefficient (Wildman–Crippen LogP) is 0.791. The third-order valence-corrected chi connectivity index (χ3v) is 2.45. The van der Waals surface area contributed by atoms with E-state index in [0.29, 0.717) is 0 Å². The topological polar surface area (TPSA) is 44.4 Å². The summed E-state index contributed by atoms with van der Waals surface area (Å²) in [6.07, 6.45) is 3.60. The van der Waals surface area contributed by atoms with Crippen LogP contribution in [-0.4, -0.2) is 43.7 Å². The van der Waals surface area contributed by atoms with Crippen molar-refractivity contribution in [3.63, 3.8) is 0 Å². The fourth-order valence-corrected chi connectivity index (χ4v) is 1.63. The number of nitrogens with zero attached hydrogens (tertiary/aromatic N) is 1. The predicted molar refractivity (Wildman–Crippen MR) is 57.4 cm³/mol. The van der Waals surface area contributed by atoms with Crippen molar-refractivity contribution in [3.8, 4) is 0 Å². The lowest BCUT2D eigenvalue weighted by Gasteiger charge is -2.14. The summed E-state index contributed by atoms with van der Waals surface area (Å²) < 4.78 is 0. The van der Waals surface area contributed by atoms with Gasteiger partial charge in [0.05, 0.1) is 0 Å². The Hall–Kier alpha value is -0.770. The summed E-state index contributed by atoms with van der Waals surface area (Å²) in [6, 6.07) is -0.0361. The van der Waals surface area contributed by atoms with Crippen molar-refractivity contribution in [2.45, 2.75) is 26.2 Å².